The molecule has 18 heavy (non-hydrogen) atoms. The topological polar surface area (TPSA) is 162 Å². The first-order valence-electron chi connectivity index (χ1n) is 4.93. The van der Waals surface area contributed by atoms with Crippen LogP contribution in [0.4, 0.5) is 0 Å². The number of aldehydes is 1. The molecular formula is C8H17N2O7P. The van der Waals surface area contributed by atoms with Crippen LogP contribution in [-0.4, -0.2) is 63.4 Å². The molecule has 0 aromatic rings. The number of carbonyl (C=O) groups is 2. The van der Waals surface area contributed by atoms with Gasteiger partial charge < -0.3 is 34.8 Å². The molecule has 0 aliphatic heterocycles. The van der Waals surface area contributed by atoms with E-state index >= 15 is 0 Å². The highest BCUT2D eigenvalue weighted by atomic mass is 31.2. The van der Waals surface area contributed by atoms with Gasteiger partial charge in [0, 0.05) is 6.92 Å². The molecule has 106 valence electrons. The highest BCUT2D eigenvalue weighted by Gasteiger charge is 2.35. The number of aliphatic hydroxyl groups is 3. The zero-order chi connectivity index (χ0) is 14.3. The molecule has 0 heterocycles. The van der Waals surface area contributed by atoms with Gasteiger partial charge in [-0.25, -0.2) is 0 Å². The van der Waals surface area contributed by atoms with Crippen molar-refractivity contribution in [3.8, 4) is 0 Å². The van der Waals surface area contributed by atoms with Gasteiger partial charge >= 0.3 is 0 Å². The first-order valence-corrected chi connectivity index (χ1v) is 6.21. The van der Waals surface area contributed by atoms with E-state index in [4.69, 9.17) is 20.0 Å². The standard InChI is InChI=1S/C8H17N2O7P/c1-4(13)10-5(2-11)8(17-18(9)16)7(15)6(14)3-12/h2,5-8,12,14-16H,3,9H2,1H3,(H,10,13)/t5-,6+,7-,8+,18?/m0/s1. The van der Waals surface area contributed by atoms with Crippen LogP contribution in [0.2, 0.25) is 0 Å². The van der Waals surface area contributed by atoms with Gasteiger partial charge in [-0.15, -0.1) is 0 Å². The molecule has 0 aromatic carbocycles. The first kappa shape index (κ1) is 17.3. The molecule has 0 saturated heterocycles. The maximum Gasteiger partial charge on any atom is 0.250 e. The Hall–Kier alpha value is -0.670. The molecule has 9 nitrogen and oxygen atoms in total. The second kappa shape index (κ2) is 8.44. The summed E-state index contributed by atoms with van der Waals surface area (Å²) < 4.78 is 4.72. The van der Waals surface area contributed by atoms with Crippen LogP contribution in [0.1, 0.15) is 6.92 Å². The van der Waals surface area contributed by atoms with Crippen molar-refractivity contribution >= 4 is 20.7 Å². The normalized spacial score (nSPS) is 19.4. The van der Waals surface area contributed by atoms with E-state index in [2.05, 4.69) is 5.32 Å². The molecule has 0 aromatic heterocycles. The number of aliphatic hydroxyl groups excluding tert-OH is 3. The summed E-state index contributed by atoms with van der Waals surface area (Å²) >= 11 is 0. The van der Waals surface area contributed by atoms with E-state index in [0.717, 1.165) is 6.92 Å². The molecule has 0 saturated carbocycles. The lowest BCUT2D eigenvalue weighted by Crippen LogP contribution is -2.54. The van der Waals surface area contributed by atoms with Crippen molar-refractivity contribution in [1.82, 2.24) is 5.32 Å². The Morgan fingerprint density at radius 1 is 1.56 bits per heavy atom. The molecule has 0 fully saturated rings. The van der Waals surface area contributed by atoms with Crippen molar-refractivity contribution < 1.29 is 34.3 Å². The van der Waals surface area contributed by atoms with Crippen LogP contribution < -0.4 is 10.8 Å². The first-order chi connectivity index (χ1) is 8.33. The minimum absolute atomic E-state index is 0.262. The van der Waals surface area contributed by atoms with Crippen molar-refractivity contribution in [2.75, 3.05) is 6.61 Å². The lowest BCUT2D eigenvalue weighted by Gasteiger charge is -2.30. The van der Waals surface area contributed by atoms with Crippen molar-refractivity contribution in [1.29, 1.82) is 0 Å². The van der Waals surface area contributed by atoms with Crippen molar-refractivity contribution in [3.63, 3.8) is 0 Å². The largest absolute Gasteiger partial charge is 0.394 e. The van der Waals surface area contributed by atoms with E-state index in [9.17, 15) is 19.8 Å². The Morgan fingerprint density at radius 3 is 2.44 bits per heavy atom. The second-order valence-corrected chi connectivity index (χ2v) is 4.29. The van der Waals surface area contributed by atoms with Gasteiger partial charge in [-0.05, 0) is 0 Å². The SMILES string of the molecule is CC(=O)N[C@@H](C=O)[C@@H](OP(N)O)[C@@H](O)[C@H](O)CO. The molecule has 0 aliphatic carbocycles. The number of carbonyl (C=O) groups excluding carboxylic acids is 2. The average molecular weight is 284 g/mol. The summed E-state index contributed by atoms with van der Waals surface area (Å²) in [4.78, 5) is 30.6. The molecule has 1 unspecified atom stereocenters. The zero-order valence-electron chi connectivity index (χ0n) is 9.63. The third kappa shape index (κ3) is 5.78. The van der Waals surface area contributed by atoms with Gasteiger partial charge in [-0.3, -0.25) is 10.3 Å². The van der Waals surface area contributed by atoms with Crippen LogP contribution >= 0.6 is 8.53 Å². The maximum atomic E-state index is 10.9. The average Bonchev–Trinajstić information content (AvgIpc) is 2.30. The van der Waals surface area contributed by atoms with Crippen molar-refractivity contribution in [2.24, 2.45) is 5.50 Å². The Morgan fingerprint density at radius 2 is 2.11 bits per heavy atom. The molecule has 1 amide bonds. The molecule has 0 bridgehead atoms. The van der Waals surface area contributed by atoms with E-state index in [1.165, 1.54) is 0 Å². The van der Waals surface area contributed by atoms with Gasteiger partial charge in [0.1, 0.15) is 30.6 Å². The lowest BCUT2D eigenvalue weighted by molar-refractivity contribution is -0.128. The smallest absolute Gasteiger partial charge is 0.250 e. The minimum Gasteiger partial charge on any atom is -0.394 e. The third-order valence-corrected chi connectivity index (χ3v) is 2.48. The number of amides is 1. The van der Waals surface area contributed by atoms with E-state index < -0.39 is 45.4 Å². The highest BCUT2D eigenvalue weighted by Crippen LogP contribution is 2.26. The second-order valence-electron chi connectivity index (χ2n) is 3.48. The van der Waals surface area contributed by atoms with E-state index in [1.54, 1.807) is 0 Å². The van der Waals surface area contributed by atoms with Crippen LogP contribution in [-0.2, 0) is 14.1 Å². The number of hydrogen-bond donors (Lipinski definition) is 6. The van der Waals surface area contributed by atoms with Gasteiger partial charge in [0.25, 0.3) is 8.53 Å². The summed E-state index contributed by atoms with van der Waals surface area (Å²) in [5.74, 6) is -0.578. The van der Waals surface area contributed by atoms with E-state index in [0.29, 0.717) is 0 Å². The predicted octanol–water partition coefficient (Wildman–Crippen LogP) is -3.03. The molecule has 0 spiro atoms. The zero-order valence-corrected chi connectivity index (χ0v) is 10.5. The van der Waals surface area contributed by atoms with Gasteiger partial charge in [0.05, 0.1) is 6.61 Å². The summed E-state index contributed by atoms with van der Waals surface area (Å²) in [6.07, 6.45) is -4.54. The van der Waals surface area contributed by atoms with E-state index in [-0.39, 0.29) is 6.29 Å². The molecular weight excluding hydrogens is 267 g/mol. The van der Waals surface area contributed by atoms with Crippen molar-refractivity contribution in [2.45, 2.75) is 31.3 Å². The molecule has 0 aliphatic rings. The van der Waals surface area contributed by atoms with Gasteiger partial charge in [0.15, 0.2) is 0 Å². The minimum atomic E-state index is -2.43. The Labute approximate surface area is 105 Å². The fourth-order valence-corrected chi connectivity index (χ4v) is 1.73. The molecule has 0 rings (SSSR count). The molecule has 0 radical (unpaired) electrons. The summed E-state index contributed by atoms with van der Waals surface area (Å²) in [5.41, 5.74) is 5.01. The monoisotopic (exact) mass is 284 g/mol. The maximum absolute atomic E-state index is 10.9. The Balaban J connectivity index is 4.93. The fraction of sp³-hybridized carbons (Fsp3) is 0.750. The van der Waals surface area contributed by atoms with Crippen LogP contribution in [0.15, 0.2) is 0 Å². The van der Waals surface area contributed by atoms with Gasteiger partial charge in [-0.1, -0.05) is 0 Å². The van der Waals surface area contributed by atoms with Crippen LogP contribution in [0.25, 0.3) is 0 Å². The summed E-state index contributed by atoms with van der Waals surface area (Å²) in [5, 5.41) is 29.8. The Bertz CT molecular complexity index is 278. The quantitative estimate of drug-likeness (QED) is 0.202. The molecule has 5 atom stereocenters. The summed E-state index contributed by atoms with van der Waals surface area (Å²) in [6.45, 7) is 0.340. The summed E-state index contributed by atoms with van der Waals surface area (Å²) in [6, 6.07) is -1.32. The number of hydrogen-bond acceptors (Lipinski definition) is 8. The Kier molecular flexibility index (Phi) is 8.12. The highest BCUT2D eigenvalue weighted by molar-refractivity contribution is 7.43. The summed E-state index contributed by atoms with van der Waals surface area (Å²) in [7, 11) is -2.43. The predicted molar refractivity (Wildman–Crippen MR) is 61.0 cm³/mol. The lowest BCUT2D eigenvalue weighted by atomic mass is 10.0. The third-order valence-electron chi connectivity index (χ3n) is 2.02. The fourth-order valence-electron chi connectivity index (χ4n) is 1.22. The number of nitrogens with one attached hydrogen (secondary N) is 1. The van der Waals surface area contributed by atoms with E-state index in [1.807, 2.05) is 0 Å². The van der Waals surface area contributed by atoms with Gasteiger partial charge in [0.2, 0.25) is 5.91 Å². The number of rotatable bonds is 8. The number of nitrogens with two attached hydrogens (primary N) is 1. The van der Waals surface area contributed by atoms with Crippen molar-refractivity contribution in [3.05, 3.63) is 0 Å². The molecule has 7 N–H and O–H groups in total. The molecule has 10 heteroatoms. The van der Waals surface area contributed by atoms with Crippen LogP contribution in [0.5, 0.6) is 0 Å². The van der Waals surface area contributed by atoms with Gasteiger partial charge in [-0.2, -0.15) is 0 Å². The van der Waals surface area contributed by atoms with Crippen LogP contribution in [0.3, 0.4) is 0 Å². The van der Waals surface area contributed by atoms with Crippen LogP contribution in [0, 0.1) is 0 Å².